The fourth-order valence-electron chi connectivity index (χ4n) is 1.95. The average molecular weight is 222 g/mol. The van der Waals surface area contributed by atoms with E-state index in [1.165, 1.54) is 11.8 Å². The number of anilines is 1. The first kappa shape index (κ1) is 10.4. The summed E-state index contributed by atoms with van der Waals surface area (Å²) in [5.41, 5.74) is -0.384. The molecule has 1 heterocycles. The zero-order valence-corrected chi connectivity index (χ0v) is 8.84. The Bertz CT molecular complexity index is 474. The quantitative estimate of drug-likeness (QED) is 0.554. The van der Waals surface area contributed by atoms with Crippen LogP contribution in [0.1, 0.15) is 12.5 Å². The molecule has 0 aliphatic carbocycles. The van der Waals surface area contributed by atoms with Gasteiger partial charge in [-0.1, -0.05) is 18.2 Å². The predicted molar refractivity (Wildman–Crippen MR) is 55.3 cm³/mol. The summed E-state index contributed by atoms with van der Waals surface area (Å²) in [6.45, 7) is 1.40. The van der Waals surface area contributed by atoms with E-state index in [0.29, 0.717) is 11.3 Å². The normalized spacial score (nSPS) is 23.1. The predicted octanol–water partition coefficient (Wildman–Crippen LogP) is 1.09. The number of likely N-dealkylation sites (N-methyl/N-ethyl adjacent to an activating group) is 1. The highest BCUT2D eigenvalue weighted by Crippen LogP contribution is 2.41. The highest BCUT2D eigenvalue weighted by atomic mass is 17.0. The van der Waals surface area contributed by atoms with Gasteiger partial charge in [0.15, 0.2) is 0 Å². The first-order chi connectivity index (χ1) is 7.47. The monoisotopic (exact) mass is 222 g/mol. The van der Waals surface area contributed by atoms with E-state index in [-0.39, 0.29) is 0 Å². The summed E-state index contributed by atoms with van der Waals surface area (Å²) in [7, 11) is 1.57. The molecule has 0 N–H and O–H groups in total. The molecule has 0 radical (unpaired) electrons. The lowest BCUT2D eigenvalue weighted by Gasteiger charge is -2.20. The Labute approximate surface area is 91.5 Å². The molecule has 1 aliphatic rings. The van der Waals surface area contributed by atoms with Crippen LogP contribution in [-0.2, 0) is 15.2 Å². The van der Waals surface area contributed by atoms with Crippen LogP contribution in [-0.4, -0.2) is 18.0 Å². The third-order valence-electron chi connectivity index (χ3n) is 2.75. The van der Waals surface area contributed by atoms with Gasteiger partial charge in [-0.15, -0.1) is 10.1 Å². The molecule has 1 amide bonds. The van der Waals surface area contributed by atoms with Crippen molar-refractivity contribution in [3.05, 3.63) is 39.9 Å². The molecule has 0 bridgehead atoms. The summed E-state index contributed by atoms with van der Waals surface area (Å²) in [4.78, 5) is 28.2. The second-order valence-electron chi connectivity index (χ2n) is 3.73. The van der Waals surface area contributed by atoms with E-state index in [0.717, 1.165) is 0 Å². The summed E-state index contributed by atoms with van der Waals surface area (Å²) in [5.74, 6) is -0.439. The van der Waals surface area contributed by atoms with Gasteiger partial charge in [0, 0.05) is 18.3 Å². The summed E-state index contributed by atoms with van der Waals surface area (Å²) in [5, 5.41) is 9.50. The van der Waals surface area contributed by atoms with Crippen LogP contribution in [0.15, 0.2) is 24.3 Å². The van der Waals surface area contributed by atoms with Crippen LogP contribution in [0, 0.1) is 10.1 Å². The van der Waals surface area contributed by atoms with Gasteiger partial charge in [0.05, 0.1) is 0 Å². The molecular formula is C10H10N2O4. The van der Waals surface area contributed by atoms with Crippen LogP contribution in [0.4, 0.5) is 5.69 Å². The molecule has 1 atom stereocenters. The summed E-state index contributed by atoms with van der Waals surface area (Å²) < 4.78 is 0. The van der Waals surface area contributed by atoms with Crippen molar-refractivity contribution < 1.29 is 14.7 Å². The highest BCUT2D eigenvalue weighted by molar-refractivity contribution is 6.06. The van der Waals surface area contributed by atoms with E-state index in [2.05, 4.69) is 4.84 Å². The van der Waals surface area contributed by atoms with Crippen LogP contribution < -0.4 is 4.90 Å². The number of para-hydroxylation sites is 1. The molecule has 6 nitrogen and oxygen atoms in total. The number of carbonyl (C=O) groups is 1. The van der Waals surface area contributed by atoms with E-state index in [4.69, 9.17) is 0 Å². The minimum atomic E-state index is -1.53. The van der Waals surface area contributed by atoms with Gasteiger partial charge in [0.1, 0.15) is 0 Å². The molecule has 1 aromatic rings. The van der Waals surface area contributed by atoms with Gasteiger partial charge in [-0.3, -0.25) is 9.63 Å². The number of benzene rings is 1. The number of fused-ring (bicyclic) bond motifs is 1. The van der Waals surface area contributed by atoms with Crippen LogP contribution in [0.25, 0.3) is 0 Å². The van der Waals surface area contributed by atoms with E-state index >= 15 is 0 Å². The number of rotatable bonds is 2. The average Bonchev–Trinajstić information content (AvgIpc) is 2.42. The second-order valence-corrected chi connectivity index (χ2v) is 3.73. The van der Waals surface area contributed by atoms with Crippen molar-refractivity contribution in [3.63, 3.8) is 0 Å². The molecule has 2 rings (SSSR count). The topological polar surface area (TPSA) is 72.7 Å². The number of hydrogen-bond acceptors (Lipinski definition) is 4. The molecule has 0 saturated carbocycles. The Hall–Kier alpha value is -2.11. The van der Waals surface area contributed by atoms with Gasteiger partial charge in [0.2, 0.25) is 5.60 Å². The lowest BCUT2D eigenvalue weighted by atomic mass is 9.98. The molecule has 0 saturated heterocycles. The molecule has 0 spiro atoms. The van der Waals surface area contributed by atoms with Crippen molar-refractivity contribution in [2.75, 3.05) is 11.9 Å². The lowest BCUT2D eigenvalue weighted by Crippen LogP contribution is -2.39. The van der Waals surface area contributed by atoms with Crippen LogP contribution in [0.5, 0.6) is 0 Å². The Morgan fingerprint density at radius 1 is 1.44 bits per heavy atom. The first-order valence-electron chi connectivity index (χ1n) is 4.68. The SMILES string of the molecule is CN1C(=O)C(C)(O[N+](=O)[O-])c2ccccc21. The summed E-state index contributed by atoms with van der Waals surface area (Å²) >= 11 is 0. The van der Waals surface area contributed by atoms with Gasteiger partial charge in [-0.2, -0.15) is 0 Å². The number of nitrogens with zero attached hydrogens (tertiary/aromatic N) is 2. The molecule has 6 heteroatoms. The third kappa shape index (κ3) is 1.23. The van der Waals surface area contributed by atoms with Crippen LogP contribution >= 0.6 is 0 Å². The van der Waals surface area contributed by atoms with Crippen molar-refractivity contribution >= 4 is 11.6 Å². The maximum absolute atomic E-state index is 11.9. The highest BCUT2D eigenvalue weighted by Gasteiger charge is 2.49. The van der Waals surface area contributed by atoms with Crippen molar-refractivity contribution in [3.8, 4) is 0 Å². The fraction of sp³-hybridized carbons (Fsp3) is 0.300. The number of carbonyl (C=O) groups excluding carboxylic acids is 1. The van der Waals surface area contributed by atoms with Crippen LogP contribution in [0.2, 0.25) is 0 Å². The zero-order valence-electron chi connectivity index (χ0n) is 8.84. The maximum Gasteiger partial charge on any atom is 0.295 e. The first-order valence-corrected chi connectivity index (χ1v) is 4.68. The number of amides is 1. The standard InChI is InChI=1S/C10H10N2O4/c1-10(16-12(14)15)7-5-3-4-6-8(7)11(2)9(10)13/h3-6H,1-2H3. The summed E-state index contributed by atoms with van der Waals surface area (Å²) in [6, 6.07) is 6.86. The van der Waals surface area contributed by atoms with E-state index in [1.54, 1.807) is 31.3 Å². The van der Waals surface area contributed by atoms with Gasteiger partial charge in [-0.25, -0.2) is 0 Å². The summed E-state index contributed by atoms with van der Waals surface area (Å²) in [6.07, 6.45) is 0. The van der Waals surface area contributed by atoms with Crippen LogP contribution in [0.3, 0.4) is 0 Å². The minimum absolute atomic E-state index is 0.439. The molecule has 16 heavy (non-hydrogen) atoms. The van der Waals surface area contributed by atoms with Gasteiger partial charge in [-0.05, 0) is 13.0 Å². The smallest absolute Gasteiger partial charge is 0.295 e. The molecule has 0 aromatic heterocycles. The van der Waals surface area contributed by atoms with E-state index in [9.17, 15) is 14.9 Å². The fourth-order valence-corrected chi connectivity index (χ4v) is 1.95. The van der Waals surface area contributed by atoms with Crippen molar-refractivity contribution in [2.24, 2.45) is 0 Å². The zero-order chi connectivity index (χ0) is 11.9. The largest absolute Gasteiger partial charge is 0.313 e. The Morgan fingerprint density at radius 3 is 2.69 bits per heavy atom. The van der Waals surface area contributed by atoms with Gasteiger partial charge in [0.25, 0.3) is 11.0 Å². The number of hydrogen-bond donors (Lipinski definition) is 0. The molecular weight excluding hydrogens is 212 g/mol. The third-order valence-corrected chi connectivity index (χ3v) is 2.75. The molecule has 84 valence electrons. The van der Waals surface area contributed by atoms with Crippen molar-refractivity contribution in [1.82, 2.24) is 0 Å². The second kappa shape index (κ2) is 3.19. The Morgan fingerprint density at radius 2 is 2.06 bits per heavy atom. The minimum Gasteiger partial charge on any atom is -0.313 e. The van der Waals surface area contributed by atoms with Crippen molar-refractivity contribution in [2.45, 2.75) is 12.5 Å². The maximum atomic E-state index is 11.9. The van der Waals surface area contributed by atoms with Gasteiger partial charge < -0.3 is 4.90 Å². The molecule has 0 fully saturated rings. The van der Waals surface area contributed by atoms with E-state index in [1.807, 2.05) is 0 Å². The van der Waals surface area contributed by atoms with Gasteiger partial charge >= 0.3 is 0 Å². The van der Waals surface area contributed by atoms with Crippen molar-refractivity contribution in [1.29, 1.82) is 0 Å². The molecule has 1 aromatic carbocycles. The van der Waals surface area contributed by atoms with E-state index < -0.39 is 16.6 Å². The Kier molecular flexibility index (Phi) is 2.08. The lowest BCUT2D eigenvalue weighted by molar-refractivity contribution is -0.778. The molecule has 1 unspecified atom stereocenters. The Balaban J connectivity index is 2.56. The molecule has 1 aliphatic heterocycles.